The molecule has 0 radical (unpaired) electrons. The second-order valence-electron chi connectivity index (χ2n) is 13.7. The molecule has 2 aliphatic heterocycles. The first kappa shape index (κ1) is 37.0. The lowest BCUT2D eigenvalue weighted by atomic mass is 9.89. The maximum absolute atomic E-state index is 14.2. The molecule has 0 spiro atoms. The third-order valence-corrected chi connectivity index (χ3v) is 13.9. The van der Waals surface area contributed by atoms with Crippen molar-refractivity contribution in [3.05, 3.63) is 77.3 Å². The van der Waals surface area contributed by atoms with Gasteiger partial charge in [-0.15, -0.1) is 0 Å². The molecule has 2 heterocycles. The molecule has 0 amide bonds. The van der Waals surface area contributed by atoms with Gasteiger partial charge in [-0.1, -0.05) is 55.7 Å². The summed E-state index contributed by atoms with van der Waals surface area (Å²) in [6.07, 6.45) is 10.3. The van der Waals surface area contributed by atoms with Gasteiger partial charge in [0.15, 0.2) is 0 Å². The van der Waals surface area contributed by atoms with Crippen LogP contribution in [-0.2, 0) is 20.2 Å². The van der Waals surface area contributed by atoms with Gasteiger partial charge in [-0.2, -0.15) is 21.3 Å². The first-order valence-corrected chi connectivity index (χ1v) is 20.5. The van der Waals surface area contributed by atoms with Crippen LogP contribution >= 0.6 is 11.6 Å². The molecule has 264 valence electrons. The van der Waals surface area contributed by atoms with Crippen LogP contribution < -0.4 is 4.90 Å². The van der Waals surface area contributed by atoms with Gasteiger partial charge in [-0.05, 0) is 104 Å². The molecule has 9 nitrogen and oxygen atoms in total. The number of hydrogen-bond donors (Lipinski definition) is 0. The molecule has 1 aliphatic carbocycles. The summed E-state index contributed by atoms with van der Waals surface area (Å²) in [5.74, 6) is 0.635. The molecular formula is C36H52ClN5O4S2. The number of benzene rings is 2. The van der Waals surface area contributed by atoms with Crippen molar-refractivity contribution in [2.45, 2.75) is 56.3 Å². The van der Waals surface area contributed by atoms with E-state index in [0.717, 1.165) is 36.5 Å². The van der Waals surface area contributed by atoms with Gasteiger partial charge in [0, 0.05) is 70.6 Å². The maximum atomic E-state index is 14.2. The molecule has 0 aromatic heterocycles. The molecule has 3 aliphatic rings. The Morgan fingerprint density at radius 1 is 0.771 bits per heavy atom. The number of anilines is 1. The molecule has 2 aromatic rings. The third-order valence-electron chi connectivity index (χ3n) is 9.84. The first-order valence-electron chi connectivity index (χ1n) is 17.3. The van der Waals surface area contributed by atoms with Crippen LogP contribution in [0.5, 0.6) is 0 Å². The van der Waals surface area contributed by atoms with Crippen LogP contribution in [0.15, 0.2) is 71.7 Å². The Morgan fingerprint density at radius 2 is 1.40 bits per heavy atom. The zero-order valence-corrected chi connectivity index (χ0v) is 31.0. The zero-order chi connectivity index (χ0) is 34.3. The summed E-state index contributed by atoms with van der Waals surface area (Å²) in [4.78, 5) is 4.60. The highest BCUT2D eigenvalue weighted by molar-refractivity contribution is 7.89. The maximum Gasteiger partial charge on any atom is 0.282 e. The standard InChI is InChI=1S/C36H52ClN5O4S2/c1-30-27-41(47(43,44)36-17-15-35(16-18-36)38(2)3)23-7-21-39(29-31-9-5-4-6-10-31)22-8-24-42(28-30)48(45,46)40-25-19-33(20-26-40)32-11-13-34(37)14-12-32/h11-19,31H,1,4-10,20-29H2,2-3H3. The average molecular weight is 718 g/mol. The topological polar surface area (TPSA) is 84.5 Å². The summed E-state index contributed by atoms with van der Waals surface area (Å²) in [6.45, 7) is 8.22. The van der Waals surface area contributed by atoms with Crippen LogP contribution in [0.4, 0.5) is 5.69 Å². The summed E-state index contributed by atoms with van der Waals surface area (Å²) in [5, 5.41) is 0.667. The fourth-order valence-corrected chi connectivity index (χ4v) is 10.3. The van der Waals surface area contributed by atoms with E-state index < -0.39 is 20.2 Å². The van der Waals surface area contributed by atoms with Crippen LogP contribution in [0.2, 0.25) is 5.02 Å². The van der Waals surface area contributed by atoms with Crippen molar-refractivity contribution in [1.29, 1.82) is 0 Å². The van der Waals surface area contributed by atoms with Crippen LogP contribution in [0.25, 0.3) is 5.57 Å². The Labute approximate surface area is 294 Å². The second kappa shape index (κ2) is 16.6. The molecule has 12 heteroatoms. The van der Waals surface area contributed by atoms with Gasteiger partial charge >= 0.3 is 0 Å². The van der Waals surface area contributed by atoms with E-state index in [0.29, 0.717) is 55.4 Å². The summed E-state index contributed by atoms with van der Waals surface area (Å²) in [5.41, 5.74) is 3.63. The fourth-order valence-electron chi connectivity index (χ4n) is 7.09. The van der Waals surface area contributed by atoms with Crippen molar-refractivity contribution in [1.82, 2.24) is 17.8 Å². The number of hydrogen-bond acceptors (Lipinski definition) is 6. The summed E-state index contributed by atoms with van der Waals surface area (Å²) >= 11 is 6.08. The van der Waals surface area contributed by atoms with E-state index in [1.54, 1.807) is 12.1 Å². The molecule has 5 rings (SSSR count). The Hall–Kier alpha value is -2.25. The molecule has 2 fully saturated rings. The second-order valence-corrected chi connectivity index (χ2v) is 18.0. The average Bonchev–Trinajstić information content (AvgIpc) is 3.07. The predicted octanol–water partition coefficient (Wildman–Crippen LogP) is 5.97. The van der Waals surface area contributed by atoms with Crippen molar-refractivity contribution in [3.8, 4) is 0 Å². The van der Waals surface area contributed by atoms with Gasteiger partial charge < -0.3 is 9.80 Å². The van der Waals surface area contributed by atoms with Crippen LogP contribution in [0.1, 0.15) is 56.9 Å². The van der Waals surface area contributed by atoms with Gasteiger partial charge in [0.05, 0.1) is 4.90 Å². The quantitative estimate of drug-likeness (QED) is 0.314. The lowest BCUT2D eigenvalue weighted by Gasteiger charge is -2.35. The highest BCUT2D eigenvalue weighted by atomic mass is 35.5. The van der Waals surface area contributed by atoms with Crippen molar-refractivity contribution in [3.63, 3.8) is 0 Å². The van der Waals surface area contributed by atoms with E-state index in [1.165, 1.54) is 45.0 Å². The van der Waals surface area contributed by atoms with E-state index in [4.69, 9.17) is 11.6 Å². The normalized spacial score (nSPS) is 21.3. The third kappa shape index (κ3) is 9.50. The Balaban J connectivity index is 1.36. The number of rotatable bonds is 8. The minimum absolute atomic E-state index is 0.0625. The van der Waals surface area contributed by atoms with Crippen molar-refractivity contribution >= 4 is 43.1 Å². The number of sulfonamides is 1. The number of nitrogens with zero attached hydrogens (tertiary/aromatic N) is 5. The SMILES string of the molecule is C=C1CN(S(=O)(=O)c2ccc(N(C)C)cc2)CCCN(CC2CCCCC2)CCCN(S(=O)(=O)N2CC=C(c3ccc(Cl)cc3)CC2)C1. The Kier molecular flexibility index (Phi) is 12.8. The Morgan fingerprint density at radius 3 is 2.00 bits per heavy atom. The lowest BCUT2D eigenvalue weighted by Crippen LogP contribution is -2.48. The molecule has 2 aromatic carbocycles. The van der Waals surface area contributed by atoms with E-state index in [-0.39, 0.29) is 24.5 Å². The fraction of sp³-hybridized carbons (Fsp3) is 0.556. The van der Waals surface area contributed by atoms with Gasteiger partial charge in [-0.25, -0.2) is 8.42 Å². The highest BCUT2D eigenvalue weighted by Crippen LogP contribution is 2.28. The molecular weight excluding hydrogens is 666 g/mol. The minimum Gasteiger partial charge on any atom is -0.378 e. The molecule has 1 saturated carbocycles. The van der Waals surface area contributed by atoms with Crippen LogP contribution in [0, 0.1) is 5.92 Å². The summed E-state index contributed by atoms with van der Waals surface area (Å²) < 4.78 is 61.0. The molecule has 1 saturated heterocycles. The molecule has 0 bridgehead atoms. The molecule has 0 unspecified atom stereocenters. The van der Waals surface area contributed by atoms with Crippen LogP contribution in [0.3, 0.4) is 0 Å². The molecule has 48 heavy (non-hydrogen) atoms. The summed E-state index contributed by atoms with van der Waals surface area (Å²) in [6, 6.07) is 14.6. The van der Waals surface area contributed by atoms with E-state index in [9.17, 15) is 16.8 Å². The van der Waals surface area contributed by atoms with Crippen molar-refractivity contribution < 1.29 is 16.8 Å². The highest BCUT2D eigenvalue weighted by Gasteiger charge is 2.33. The largest absolute Gasteiger partial charge is 0.378 e. The minimum atomic E-state index is -3.84. The zero-order valence-electron chi connectivity index (χ0n) is 28.6. The summed E-state index contributed by atoms with van der Waals surface area (Å²) in [7, 11) is -3.83. The van der Waals surface area contributed by atoms with Gasteiger partial charge in [-0.3, -0.25) is 0 Å². The Bertz CT molecular complexity index is 1620. The smallest absolute Gasteiger partial charge is 0.282 e. The molecule has 0 N–H and O–H groups in total. The number of halogens is 1. The van der Waals surface area contributed by atoms with E-state index in [2.05, 4.69) is 11.5 Å². The van der Waals surface area contributed by atoms with Crippen molar-refractivity contribution in [2.75, 3.05) is 77.9 Å². The predicted molar refractivity (Wildman–Crippen MR) is 197 cm³/mol. The van der Waals surface area contributed by atoms with E-state index >= 15 is 0 Å². The molecule has 0 atom stereocenters. The van der Waals surface area contributed by atoms with Gasteiger partial charge in [0.1, 0.15) is 0 Å². The first-order chi connectivity index (χ1) is 22.9. The van der Waals surface area contributed by atoms with Gasteiger partial charge in [0.25, 0.3) is 10.2 Å². The van der Waals surface area contributed by atoms with Gasteiger partial charge in [0.2, 0.25) is 10.0 Å². The lowest BCUT2D eigenvalue weighted by molar-refractivity contribution is 0.187. The van der Waals surface area contributed by atoms with Crippen molar-refractivity contribution in [2.24, 2.45) is 5.92 Å². The van der Waals surface area contributed by atoms with Crippen LogP contribution in [-0.4, -0.2) is 108 Å². The monoisotopic (exact) mass is 717 g/mol. The van der Waals surface area contributed by atoms with E-state index in [1.807, 2.05) is 61.5 Å².